The van der Waals surface area contributed by atoms with E-state index in [4.69, 9.17) is 28.3 Å². The number of sulfonamides is 1. The quantitative estimate of drug-likeness (QED) is 0.869. The number of carboxylic acids is 1. The maximum Gasteiger partial charge on any atom is 0.337 e. The molecule has 0 radical (unpaired) electrons. The lowest BCUT2D eigenvalue weighted by Crippen LogP contribution is -2.14. The smallest absolute Gasteiger partial charge is 0.337 e. The van der Waals surface area contributed by atoms with Crippen molar-refractivity contribution in [2.45, 2.75) is 11.8 Å². The molecule has 22 heavy (non-hydrogen) atoms. The minimum absolute atomic E-state index is 0.133. The molecule has 116 valence electrons. The van der Waals surface area contributed by atoms with Gasteiger partial charge < -0.3 is 5.11 Å². The lowest BCUT2D eigenvalue weighted by Gasteiger charge is -2.11. The van der Waals surface area contributed by atoms with Gasteiger partial charge in [-0.25, -0.2) is 13.2 Å². The zero-order valence-corrected chi connectivity index (χ0v) is 13.6. The summed E-state index contributed by atoms with van der Waals surface area (Å²) in [5.41, 5.74) is 0.976. The summed E-state index contributed by atoms with van der Waals surface area (Å²) in [5.74, 6) is -1.34. The Labute approximate surface area is 137 Å². The second kappa shape index (κ2) is 6.16. The highest BCUT2D eigenvalue weighted by Crippen LogP contribution is 2.30. The highest BCUT2D eigenvalue weighted by Gasteiger charge is 2.22. The number of rotatable bonds is 4. The van der Waals surface area contributed by atoms with E-state index in [0.29, 0.717) is 5.69 Å². The molecule has 0 bridgehead atoms. The predicted octanol–water partition coefficient (Wildman–Crippen LogP) is 3.80. The second-order valence-electron chi connectivity index (χ2n) is 4.54. The van der Waals surface area contributed by atoms with Crippen molar-refractivity contribution in [3.05, 3.63) is 57.6 Å². The van der Waals surface area contributed by atoms with Gasteiger partial charge in [0.25, 0.3) is 10.0 Å². The number of halogens is 2. The molecule has 0 spiro atoms. The lowest BCUT2D eigenvalue weighted by molar-refractivity contribution is 0.0697. The van der Waals surface area contributed by atoms with Gasteiger partial charge in [-0.1, -0.05) is 40.9 Å². The molecule has 0 aromatic heterocycles. The fraction of sp³-hybridized carbons (Fsp3) is 0.0714. The van der Waals surface area contributed by atoms with Gasteiger partial charge in [-0.3, -0.25) is 4.72 Å². The van der Waals surface area contributed by atoms with E-state index >= 15 is 0 Å². The summed E-state index contributed by atoms with van der Waals surface area (Å²) >= 11 is 11.6. The molecular weight excluding hydrogens is 349 g/mol. The van der Waals surface area contributed by atoms with E-state index in [1.807, 2.05) is 6.92 Å². The Morgan fingerprint density at radius 2 is 1.68 bits per heavy atom. The third kappa shape index (κ3) is 3.52. The highest BCUT2D eigenvalue weighted by molar-refractivity contribution is 7.92. The Balaban J connectivity index is 2.47. The summed E-state index contributed by atoms with van der Waals surface area (Å²) in [5, 5.41) is 8.73. The van der Waals surface area contributed by atoms with Gasteiger partial charge in [0.2, 0.25) is 0 Å². The summed E-state index contributed by atoms with van der Waals surface area (Å²) in [4.78, 5) is 10.7. The van der Waals surface area contributed by atoms with Crippen LogP contribution in [0, 0.1) is 6.92 Å². The van der Waals surface area contributed by atoms with Crippen LogP contribution >= 0.6 is 23.2 Å². The predicted molar refractivity (Wildman–Crippen MR) is 85.4 cm³/mol. The number of carboxylic acid groups (broad SMARTS) is 1. The SMILES string of the molecule is Cc1ccc(NS(=O)(=O)c2cc(C(=O)O)c(Cl)cc2Cl)cc1. The van der Waals surface area contributed by atoms with Crippen LogP contribution in [-0.2, 0) is 10.0 Å². The normalized spacial score (nSPS) is 11.2. The van der Waals surface area contributed by atoms with Crippen molar-refractivity contribution in [1.82, 2.24) is 0 Å². The fourth-order valence-electron chi connectivity index (χ4n) is 1.73. The first-order chi connectivity index (χ1) is 10.2. The number of aromatic carboxylic acids is 1. The van der Waals surface area contributed by atoms with Crippen LogP contribution in [0.3, 0.4) is 0 Å². The van der Waals surface area contributed by atoms with Crippen molar-refractivity contribution in [3.63, 3.8) is 0 Å². The maximum absolute atomic E-state index is 12.4. The van der Waals surface area contributed by atoms with Crippen LogP contribution in [0.5, 0.6) is 0 Å². The molecule has 0 heterocycles. The van der Waals surface area contributed by atoms with Gasteiger partial charge in [0.1, 0.15) is 4.90 Å². The van der Waals surface area contributed by atoms with Gasteiger partial charge in [-0.05, 0) is 31.2 Å². The Kier molecular flexibility index (Phi) is 4.65. The first-order valence-electron chi connectivity index (χ1n) is 6.02. The van der Waals surface area contributed by atoms with Crippen LogP contribution in [0.4, 0.5) is 5.69 Å². The Morgan fingerprint density at radius 3 is 2.23 bits per heavy atom. The minimum Gasteiger partial charge on any atom is -0.478 e. The van der Waals surface area contributed by atoms with Crippen molar-refractivity contribution in [1.29, 1.82) is 0 Å². The number of nitrogens with one attached hydrogen (secondary N) is 1. The fourth-order valence-corrected chi connectivity index (χ4v) is 3.64. The van der Waals surface area contributed by atoms with E-state index < -0.39 is 16.0 Å². The number of carbonyl (C=O) groups is 1. The number of hydrogen-bond donors (Lipinski definition) is 2. The highest BCUT2D eigenvalue weighted by atomic mass is 35.5. The van der Waals surface area contributed by atoms with Crippen molar-refractivity contribution in [2.24, 2.45) is 0 Å². The molecule has 0 amide bonds. The number of anilines is 1. The standard InChI is InChI=1S/C14H11Cl2NO4S/c1-8-2-4-9(5-3-8)17-22(20,21)13-6-10(14(18)19)11(15)7-12(13)16/h2-7,17H,1H3,(H,18,19). The van der Waals surface area contributed by atoms with Crippen LogP contribution in [-0.4, -0.2) is 19.5 Å². The van der Waals surface area contributed by atoms with Crippen molar-refractivity contribution < 1.29 is 18.3 Å². The monoisotopic (exact) mass is 359 g/mol. The average molecular weight is 360 g/mol. The third-order valence-electron chi connectivity index (χ3n) is 2.85. The average Bonchev–Trinajstić information content (AvgIpc) is 2.40. The third-order valence-corrected chi connectivity index (χ3v) is 5.00. The lowest BCUT2D eigenvalue weighted by atomic mass is 10.2. The molecule has 0 unspecified atom stereocenters. The first kappa shape index (κ1) is 16.6. The maximum atomic E-state index is 12.4. The molecule has 0 aliphatic heterocycles. The molecule has 0 atom stereocenters. The number of hydrogen-bond acceptors (Lipinski definition) is 3. The molecule has 2 aromatic carbocycles. The topological polar surface area (TPSA) is 83.5 Å². The minimum atomic E-state index is -4.03. The molecule has 0 saturated heterocycles. The summed E-state index contributed by atoms with van der Waals surface area (Å²) < 4.78 is 27.1. The van der Waals surface area contributed by atoms with Crippen molar-refractivity contribution in [2.75, 3.05) is 4.72 Å². The molecular formula is C14H11Cl2NO4S. The van der Waals surface area contributed by atoms with E-state index in [1.165, 1.54) is 0 Å². The summed E-state index contributed by atoms with van der Waals surface area (Å²) in [6.07, 6.45) is 0. The van der Waals surface area contributed by atoms with E-state index in [-0.39, 0.29) is 20.5 Å². The van der Waals surface area contributed by atoms with Gasteiger partial charge in [0.05, 0.1) is 15.6 Å². The van der Waals surface area contributed by atoms with Crippen molar-refractivity contribution >= 4 is 44.9 Å². The number of benzene rings is 2. The molecule has 5 nitrogen and oxygen atoms in total. The second-order valence-corrected chi connectivity index (χ2v) is 7.00. The van der Waals surface area contributed by atoms with Gasteiger partial charge >= 0.3 is 5.97 Å². The largest absolute Gasteiger partial charge is 0.478 e. The van der Waals surface area contributed by atoms with Gasteiger partial charge in [0, 0.05) is 5.69 Å². The molecule has 0 saturated carbocycles. The van der Waals surface area contributed by atoms with E-state index in [2.05, 4.69) is 4.72 Å². The van der Waals surface area contributed by atoms with E-state index in [9.17, 15) is 13.2 Å². The van der Waals surface area contributed by atoms with Crippen LogP contribution in [0.2, 0.25) is 10.0 Å². The number of aryl methyl sites for hydroxylation is 1. The van der Waals surface area contributed by atoms with Crippen LogP contribution in [0.25, 0.3) is 0 Å². The zero-order valence-electron chi connectivity index (χ0n) is 11.3. The summed E-state index contributed by atoms with van der Waals surface area (Å²) in [7, 11) is -4.03. The zero-order chi connectivity index (χ0) is 16.5. The molecule has 0 fully saturated rings. The Morgan fingerprint density at radius 1 is 1.09 bits per heavy atom. The molecule has 0 aliphatic rings. The molecule has 2 aromatic rings. The first-order valence-corrected chi connectivity index (χ1v) is 8.26. The van der Waals surface area contributed by atoms with Gasteiger partial charge in [0.15, 0.2) is 0 Å². The van der Waals surface area contributed by atoms with Crippen LogP contribution in [0.15, 0.2) is 41.3 Å². The van der Waals surface area contributed by atoms with E-state index in [0.717, 1.165) is 17.7 Å². The molecule has 2 rings (SSSR count). The Bertz CT molecular complexity index is 833. The van der Waals surface area contributed by atoms with Gasteiger partial charge in [-0.15, -0.1) is 0 Å². The van der Waals surface area contributed by atoms with E-state index in [1.54, 1.807) is 24.3 Å². The van der Waals surface area contributed by atoms with Gasteiger partial charge in [-0.2, -0.15) is 0 Å². The Hall–Kier alpha value is -1.76. The molecule has 2 N–H and O–H groups in total. The molecule has 0 aliphatic carbocycles. The molecule has 8 heteroatoms. The summed E-state index contributed by atoms with van der Waals surface area (Å²) in [6.45, 7) is 1.87. The van der Waals surface area contributed by atoms with Crippen molar-refractivity contribution in [3.8, 4) is 0 Å². The van der Waals surface area contributed by atoms with Crippen LogP contribution < -0.4 is 4.72 Å². The summed E-state index contributed by atoms with van der Waals surface area (Å²) in [6, 6.07) is 8.69. The van der Waals surface area contributed by atoms with Crippen LogP contribution in [0.1, 0.15) is 15.9 Å².